The van der Waals surface area contributed by atoms with Gasteiger partial charge in [-0.1, -0.05) is 12.8 Å². The van der Waals surface area contributed by atoms with E-state index < -0.39 is 0 Å². The maximum atomic E-state index is 12.2. The van der Waals surface area contributed by atoms with Crippen molar-refractivity contribution in [3.63, 3.8) is 0 Å². The fourth-order valence-electron chi connectivity index (χ4n) is 3.05. The third-order valence-electron chi connectivity index (χ3n) is 4.53. The van der Waals surface area contributed by atoms with E-state index in [0.717, 1.165) is 24.1 Å². The van der Waals surface area contributed by atoms with Crippen LogP contribution in [0.15, 0.2) is 6.20 Å². The number of halogens is 1. The fourth-order valence-corrected chi connectivity index (χ4v) is 3.05. The molecule has 3 N–H and O–H groups in total. The van der Waals surface area contributed by atoms with Crippen LogP contribution in [0.5, 0.6) is 0 Å². The predicted octanol–water partition coefficient (Wildman–Crippen LogP) is 2.24. The number of carbonyl (C=O) groups is 1. The second-order valence-corrected chi connectivity index (χ2v) is 6.01. The molecule has 5 nitrogen and oxygen atoms in total. The molecule has 1 heterocycles. The third-order valence-corrected chi connectivity index (χ3v) is 4.53. The van der Waals surface area contributed by atoms with Gasteiger partial charge >= 0.3 is 0 Å². The largest absolute Gasteiger partial charge is 0.349 e. The quantitative estimate of drug-likeness (QED) is 0.895. The Labute approximate surface area is 133 Å². The van der Waals surface area contributed by atoms with Gasteiger partial charge < -0.3 is 11.1 Å². The topological polar surface area (TPSA) is 72.9 Å². The summed E-state index contributed by atoms with van der Waals surface area (Å²) in [5, 5.41) is 7.29. The molecule has 3 unspecified atom stereocenters. The summed E-state index contributed by atoms with van der Waals surface area (Å²) >= 11 is 0. The highest BCUT2D eigenvalue weighted by molar-refractivity contribution is 5.85. The summed E-state index contributed by atoms with van der Waals surface area (Å²) in [4.78, 5) is 12.2. The molecule has 1 amide bonds. The Morgan fingerprint density at radius 1 is 1.52 bits per heavy atom. The monoisotopic (exact) mass is 314 g/mol. The van der Waals surface area contributed by atoms with Crippen molar-refractivity contribution in [2.24, 2.45) is 18.7 Å². The van der Waals surface area contributed by atoms with Crippen molar-refractivity contribution in [1.29, 1.82) is 0 Å². The number of aromatic nitrogens is 2. The lowest BCUT2D eigenvalue weighted by molar-refractivity contribution is -0.123. The number of amides is 1. The predicted molar refractivity (Wildman–Crippen MR) is 86.3 cm³/mol. The van der Waals surface area contributed by atoms with Gasteiger partial charge in [-0.3, -0.25) is 9.48 Å². The van der Waals surface area contributed by atoms with Crippen LogP contribution in [0.3, 0.4) is 0 Å². The van der Waals surface area contributed by atoms with Crippen molar-refractivity contribution in [2.45, 2.75) is 58.0 Å². The van der Waals surface area contributed by atoms with Gasteiger partial charge in [-0.2, -0.15) is 5.10 Å². The molecule has 6 heteroatoms. The van der Waals surface area contributed by atoms with E-state index in [4.69, 9.17) is 5.73 Å². The summed E-state index contributed by atoms with van der Waals surface area (Å²) in [6.45, 7) is 4.02. The van der Waals surface area contributed by atoms with Crippen LogP contribution in [-0.2, 0) is 11.8 Å². The first-order valence-electron chi connectivity index (χ1n) is 7.52. The maximum Gasteiger partial charge on any atom is 0.220 e. The number of aryl methyl sites for hydroxylation is 1. The molecular formula is C15H27ClN4O. The fraction of sp³-hybridized carbons (Fsp3) is 0.733. The summed E-state index contributed by atoms with van der Waals surface area (Å²) < 4.78 is 1.83. The molecule has 1 fully saturated rings. The molecule has 0 bridgehead atoms. The van der Waals surface area contributed by atoms with Gasteiger partial charge in [0.1, 0.15) is 0 Å². The van der Waals surface area contributed by atoms with E-state index in [9.17, 15) is 4.79 Å². The standard InChI is InChI=1S/C15H26N4O.ClH/c1-10(13-9-17-19(3)11(13)2)18-15(20)8-12-6-4-5-7-14(12)16;/h9-10,12,14H,4-8,16H2,1-3H3,(H,18,20);1H. The average molecular weight is 315 g/mol. The average Bonchev–Trinajstić information content (AvgIpc) is 2.73. The van der Waals surface area contributed by atoms with E-state index in [1.165, 1.54) is 12.8 Å². The second kappa shape index (κ2) is 7.80. The van der Waals surface area contributed by atoms with Crippen molar-refractivity contribution in [3.8, 4) is 0 Å². The summed E-state index contributed by atoms with van der Waals surface area (Å²) in [5.74, 6) is 0.439. The second-order valence-electron chi connectivity index (χ2n) is 6.01. The number of rotatable bonds is 4. The Kier molecular flexibility index (Phi) is 6.68. The molecule has 120 valence electrons. The Morgan fingerprint density at radius 2 is 2.19 bits per heavy atom. The molecule has 0 spiro atoms. The van der Waals surface area contributed by atoms with Crippen LogP contribution < -0.4 is 11.1 Å². The van der Waals surface area contributed by atoms with Crippen LogP contribution in [0, 0.1) is 12.8 Å². The van der Waals surface area contributed by atoms with Crippen LogP contribution in [0.4, 0.5) is 0 Å². The number of nitrogens with zero attached hydrogens (tertiary/aromatic N) is 2. The first kappa shape index (κ1) is 18.0. The van der Waals surface area contributed by atoms with Gasteiger partial charge in [0.15, 0.2) is 0 Å². The smallest absolute Gasteiger partial charge is 0.220 e. The van der Waals surface area contributed by atoms with Crippen molar-refractivity contribution < 1.29 is 4.79 Å². The molecule has 1 aromatic rings. The normalized spacial score (nSPS) is 23.2. The number of carbonyl (C=O) groups excluding carboxylic acids is 1. The molecule has 21 heavy (non-hydrogen) atoms. The number of nitrogens with two attached hydrogens (primary N) is 1. The zero-order chi connectivity index (χ0) is 14.7. The third kappa shape index (κ3) is 4.45. The highest BCUT2D eigenvalue weighted by atomic mass is 35.5. The Morgan fingerprint density at radius 3 is 2.76 bits per heavy atom. The summed E-state index contributed by atoms with van der Waals surface area (Å²) in [7, 11) is 1.91. The van der Waals surface area contributed by atoms with Crippen molar-refractivity contribution in [2.75, 3.05) is 0 Å². The zero-order valence-electron chi connectivity index (χ0n) is 13.1. The summed E-state index contributed by atoms with van der Waals surface area (Å²) in [6.07, 6.45) is 6.90. The van der Waals surface area contributed by atoms with Crippen molar-refractivity contribution in [3.05, 3.63) is 17.5 Å². The summed E-state index contributed by atoms with van der Waals surface area (Å²) in [5.41, 5.74) is 8.27. The first-order valence-corrected chi connectivity index (χ1v) is 7.52. The van der Waals surface area contributed by atoms with E-state index in [0.29, 0.717) is 12.3 Å². The minimum absolute atomic E-state index is 0. The summed E-state index contributed by atoms with van der Waals surface area (Å²) in [6, 6.07) is 0.181. The molecule has 1 aliphatic carbocycles. The van der Waals surface area contributed by atoms with Gasteiger partial charge in [0, 0.05) is 30.8 Å². The number of hydrogen-bond donors (Lipinski definition) is 2. The van der Waals surface area contributed by atoms with Crippen LogP contribution in [-0.4, -0.2) is 21.7 Å². The van der Waals surface area contributed by atoms with Crippen molar-refractivity contribution >= 4 is 18.3 Å². The van der Waals surface area contributed by atoms with E-state index in [1.807, 2.05) is 31.8 Å². The Hall–Kier alpha value is -1.07. The minimum atomic E-state index is -0.00369. The Balaban J connectivity index is 0.00000220. The van der Waals surface area contributed by atoms with E-state index in [2.05, 4.69) is 10.4 Å². The van der Waals surface area contributed by atoms with Gasteiger partial charge in [-0.25, -0.2) is 0 Å². The zero-order valence-corrected chi connectivity index (χ0v) is 13.9. The maximum absolute atomic E-state index is 12.2. The van der Waals surface area contributed by atoms with Gasteiger partial charge in [-0.05, 0) is 32.6 Å². The van der Waals surface area contributed by atoms with E-state index >= 15 is 0 Å². The lowest BCUT2D eigenvalue weighted by Gasteiger charge is -2.28. The number of nitrogens with one attached hydrogen (secondary N) is 1. The van der Waals surface area contributed by atoms with Gasteiger partial charge in [0.05, 0.1) is 12.2 Å². The molecule has 0 aliphatic heterocycles. The molecule has 3 atom stereocenters. The van der Waals surface area contributed by atoms with Gasteiger partial charge in [-0.15, -0.1) is 12.4 Å². The van der Waals surface area contributed by atoms with Gasteiger partial charge in [0.2, 0.25) is 5.91 Å². The molecule has 2 rings (SSSR count). The highest BCUT2D eigenvalue weighted by Crippen LogP contribution is 2.26. The molecule has 1 aromatic heterocycles. The van der Waals surface area contributed by atoms with Crippen molar-refractivity contribution in [1.82, 2.24) is 15.1 Å². The molecule has 0 aromatic carbocycles. The number of hydrogen-bond acceptors (Lipinski definition) is 3. The van der Waals surface area contributed by atoms with Gasteiger partial charge in [0.25, 0.3) is 0 Å². The molecule has 1 aliphatic rings. The first-order chi connectivity index (χ1) is 9.49. The highest BCUT2D eigenvalue weighted by Gasteiger charge is 2.25. The van der Waals surface area contributed by atoms with Crippen LogP contribution in [0.25, 0.3) is 0 Å². The molecule has 1 saturated carbocycles. The molecule has 0 radical (unpaired) electrons. The SMILES string of the molecule is Cc1c(C(C)NC(=O)CC2CCCCC2N)cnn1C.Cl. The van der Waals surface area contributed by atoms with E-state index in [-0.39, 0.29) is 30.4 Å². The van der Waals surface area contributed by atoms with E-state index in [1.54, 1.807) is 0 Å². The molecular weight excluding hydrogens is 288 g/mol. The van der Waals surface area contributed by atoms with Crippen LogP contribution in [0.2, 0.25) is 0 Å². The minimum Gasteiger partial charge on any atom is -0.349 e. The van der Waals surface area contributed by atoms with Crippen LogP contribution in [0.1, 0.15) is 56.3 Å². The van der Waals surface area contributed by atoms with Crippen LogP contribution >= 0.6 is 12.4 Å². The molecule has 0 saturated heterocycles. The lowest BCUT2D eigenvalue weighted by Crippen LogP contribution is -2.37. The Bertz CT molecular complexity index is 474. The lowest BCUT2D eigenvalue weighted by atomic mass is 9.83.